The molecule has 32 heavy (non-hydrogen) atoms. The van der Waals surface area contributed by atoms with E-state index in [-0.39, 0.29) is 5.91 Å². The zero-order valence-corrected chi connectivity index (χ0v) is 18.9. The number of hydrogen-bond acceptors (Lipinski definition) is 4. The van der Waals surface area contributed by atoms with Crippen molar-refractivity contribution in [2.24, 2.45) is 0 Å². The standard InChI is InChI=1S/C26H28N4O2/c1-29(2)12-13-30(3)26(31)19-9-7-8-18(14-19)20-15-22-23(17-28-25(22)27-16-20)21-10-5-6-11-24(21)32-4/h5-11,14-17H,12-13H2,1-4H3,(H,27,28). The van der Waals surface area contributed by atoms with Crippen LogP contribution in [-0.2, 0) is 0 Å². The fraction of sp³-hybridized carbons (Fsp3) is 0.231. The van der Waals surface area contributed by atoms with E-state index in [1.165, 1.54) is 0 Å². The monoisotopic (exact) mass is 428 g/mol. The summed E-state index contributed by atoms with van der Waals surface area (Å²) in [7, 11) is 7.52. The van der Waals surface area contributed by atoms with Gasteiger partial charge in [0.2, 0.25) is 0 Å². The molecule has 2 aromatic heterocycles. The fourth-order valence-electron chi connectivity index (χ4n) is 3.75. The molecule has 2 heterocycles. The van der Waals surface area contributed by atoms with E-state index in [0.717, 1.165) is 45.6 Å². The molecule has 0 spiro atoms. The molecule has 0 bridgehead atoms. The minimum atomic E-state index is 0.0130. The van der Waals surface area contributed by atoms with Gasteiger partial charge in [-0.3, -0.25) is 4.79 Å². The van der Waals surface area contributed by atoms with Gasteiger partial charge in [0.05, 0.1) is 7.11 Å². The van der Waals surface area contributed by atoms with Crippen molar-refractivity contribution in [1.29, 1.82) is 0 Å². The molecule has 164 valence electrons. The number of aromatic amines is 1. The Morgan fingerprint density at radius 1 is 0.969 bits per heavy atom. The predicted molar refractivity (Wildman–Crippen MR) is 129 cm³/mol. The summed E-state index contributed by atoms with van der Waals surface area (Å²) in [5.41, 5.74) is 5.43. The second-order valence-corrected chi connectivity index (χ2v) is 8.13. The number of amides is 1. The summed E-state index contributed by atoms with van der Waals surface area (Å²) in [5, 5.41) is 1.01. The lowest BCUT2D eigenvalue weighted by Crippen LogP contribution is -2.33. The lowest BCUT2D eigenvalue weighted by molar-refractivity contribution is 0.0786. The van der Waals surface area contributed by atoms with Gasteiger partial charge in [-0.1, -0.05) is 30.3 Å². The number of pyridine rings is 1. The van der Waals surface area contributed by atoms with Crippen LogP contribution >= 0.6 is 0 Å². The van der Waals surface area contributed by atoms with E-state index in [2.05, 4.69) is 20.9 Å². The van der Waals surface area contributed by atoms with Crippen LogP contribution in [0.5, 0.6) is 5.75 Å². The average Bonchev–Trinajstić information content (AvgIpc) is 3.25. The molecule has 0 fully saturated rings. The van der Waals surface area contributed by atoms with E-state index in [1.807, 2.05) is 82.1 Å². The van der Waals surface area contributed by atoms with Gasteiger partial charge in [0.25, 0.3) is 5.91 Å². The molecule has 0 aliphatic heterocycles. The molecule has 1 amide bonds. The third-order valence-electron chi connectivity index (χ3n) is 5.60. The van der Waals surface area contributed by atoms with Crippen molar-refractivity contribution in [2.75, 3.05) is 41.3 Å². The third-order valence-corrected chi connectivity index (χ3v) is 5.60. The number of likely N-dealkylation sites (N-methyl/N-ethyl adjacent to an activating group) is 2. The number of para-hydroxylation sites is 1. The van der Waals surface area contributed by atoms with Gasteiger partial charge in [-0.15, -0.1) is 0 Å². The van der Waals surface area contributed by atoms with Crippen LogP contribution in [0.15, 0.2) is 67.0 Å². The maximum atomic E-state index is 12.9. The third kappa shape index (κ3) is 4.36. The highest BCUT2D eigenvalue weighted by Crippen LogP contribution is 2.36. The average molecular weight is 429 g/mol. The summed E-state index contributed by atoms with van der Waals surface area (Å²) in [6.45, 7) is 1.50. The number of hydrogen-bond donors (Lipinski definition) is 1. The van der Waals surface area contributed by atoms with E-state index in [4.69, 9.17) is 4.74 Å². The zero-order valence-electron chi connectivity index (χ0n) is 18.9. The molecule has 0 aliphatic carbocycles. The van der Waals surface area contributed by atoms with Crippen molar-refractivity contribution in [2.45, 2.75) is 0 Å². The molecule has 1 N–H and O–H groups in total. The van der Waals surface area contributed by atoms with Gasteiger partial charge in [0.1, 0.15) is 11.4 Å². The van der Waals surface area contributed by atoms with Gasteiger partial charge < -0.3 is 19.5 Å². The SMILES string of the molecule is COc1ccccc1-c1c[nH]c2ncc(-c3cccc(C(=O)N(C)CCN(C)C)c3)cc12. The Bertz CT molecular complexity index is 1250. The lowest BCUT2D eigenvalue weighted by atomic mass is 10.0. The predicted octanol–water partition coefficient (Wildman–Crippen LogP) is 4.54. The Morgan fingerprint density at radius 3 is 2.56 bits per heavy atom. The van der Waals surface area contributed by atoms with Crippen LogP contribution in [0.25, 0.3) is 33.3 Å². The van der Waals surface area contributed by atoms with E-state index >= 15 is 0 Å². The summed E-state index contributed by atoms with van der Waals surface area (Å²) in [6, 6.07) is 17.8. The van der Waals surface area contributed by atoms with E-state index < -0.39 is 0 Å². The summed E-state index contributed by atoms with van der Waals surface area (Å²) in [4.78, 5) is 24.6. The maximum absolute atomic E-state index is 12.9. The Labute approximate surface area is 188 Å². The highest BCUT2D eigenvalue weighted by atomic mass is 16.5. The van der Waals surface area contributed by atoms with Gasteiger partial charge in [0, 0.05) is 60.2 Å². The van der Waals surface area contributed by atoms with E-state index in [1.54, 1.807) is 12.0 Å². The first-order valence-corrected chi connectivity index (χ1v) is 10.6. The van der Waals surface area contributed by atoms with Crippen molar-refractivity contribution < 1.29 is 9.53 Å². The second kappa shape index (κ2) is 9.24. The molecular weight excluding hydrogens is 400 g/mol. The highest BCUT2D eigenvalue weighted by Gasteiger charge is 2.15. The first-order valence-electron chi connectivity index (χ1n) is 10.6. The Hall–Kier alpha value is -3.64. The molecule has 0 radical (unpaired) electrons. The number of H-pyrrole nitrogens is 1. The van der Waals surface area contributed by atoms with Gasteiger partial charge >= 0.3 is 0 Å². The minimum absolute atomic E-state index is 0.0130. The normalized spacial score (nSPS) is 11.2. The van der Waals surface area contributed by atoms with Gasteiger partial charge in [-0.25, -0.2) is 4.98 Å². The zero-order chi connectivity index (χ0) is 22.7. The van der Waals surface area contributed by atoms with E-state index in [9.17, 15) is 4.79 Å². The maximum Gasteiger partial charge on any atom is 0.253 e. The topological polar surface area (TPSA) is 61.5 Å². The molecule has 0 aliphatic rings. The first kappa shape index (κ1) is 21.6. The molecule has 0 unspecified atom stereocenters. The highest BCUT2D eigenvalue weighted by molar-refractivity contribution is 5.98. The van der Waals surface area contributed by atoms with E-state index in [0.29, 0.717) is 12.1 Å². The molecule has 0 atom stereocenters. The van der Waals surface area contributed by atoms with Crippen LogP contribution in [-0.4, -0.2) is 67.0 Å². The number of fused-ring (bicyclic) bond motifs is 1. The lowest BCUT2D eigenvalue weighted by Gasteiger charge is -2.20. The number of benzene rings is 2. The number of carbonyl (C=O) groups is 1. The summed E-state index contributed by atoms with van der Waals surface area (Å²) < 4.78 is 5.55. The van der Waals surface area contributed by atoms with Crippen molar-refractivity contribution in [1.82, 2.24) is 19.8 Å². The van der Waals surface area contributed by atoms with Gasteiger partial charge in [0.15, 0.2) is 0 Å². The van der Waals surface area contributed by atoms with Crippen molar-refractivity contribution >= 4 is 16.9 Å². The number of nitrogens with one attached hydrogen (secondary N) is 1. The van der Waals surface area contributed by atoms with Crippen LogP contribution in [0.4, 0.5) is 0 Å². The van der Waals surface area contributed by atoms with Crippen molar-refractivity contribution in [3.05, 3.63) is 72.6 Å². The van der Waals surface area contributed by atoms with Crippen molar-refractivity contribution in [3.8, 4) is 28.0 Å². The number of nitrogens with zero attached hydrogens (tertiary/aromatic N) is 3. The molecule has 0 saturated carbocycles. The number of aromatic nitrogens is 2. The Kier molecular flexibility index (Phi) is 6.23. The van der Waals surface area contributed by atoms with Crippen LogP contribution in [0, 0.1) is 0 Å². The molecule has 2 aromatic carbocycles. The van der Waals surface area contributed by atoms with Crippen LogP contribution < -0.4 is 4.74 Å². The van der Waals surface area contributed by atoms with Gasteiger partial charge in [-0.05, 0) is 43.9 Å². The molecule has 0 saturated heterocycles. The number of methoxy groups -OCH3 is 1. The Balaban J connectivity index is 1.69. The summed E-state index contributed by atoms with van der Waals surface area (Å²) in [6.07, 6.45) is 3.79. The van der Waals surface area contributed by atoms with Crippen LogP contribution in [0.3, 0.4) is 0 Å². The molecular formula is C26H28N4O2. The molecule has 4 aromatic rings. The quantitative estimate of drug-likeness (QED) is 0.470. The number of carbonyl (C=O) groups excluding carboxylic acids is 1. The first-order chi connectivity index (χ1) is 15.5. The molecule has 6 heteroatoms. The van der Waals surface area contributed by atoms with Crippen molar-refractivity contribution in [3.63, 3.8) is 0 Å². The van der Waals surface area contributed by atoms with Crippen LogP contribution in [0.1, 0.15) is 10.4 Å². The minimum Gasteiger partial charge on any atom is -0.496 e. The smallest absolute Gasteiger partial charge is 0.253 e. The number of ether oxygens (including phenoxy) is 1. The number of rotatable bonds is 7. The largest absolute Gasteiger partial charge is 0.496 e. The van der Waals surface area contributed by atoms with Gasteiger partial charge in [-0.2, -0.15) is 0 Å². The second-order valence-electron chi connectivity index (χ2n) is 8.13. The Morgan fingerprint density at radius 2 is 1.78 bits per heavy atom. The fourth-order valence-corrected chi connectivity index (χ4v) is 3.75. The summed E-state index contributed by atoms with van der Waals surface area (Å²) >= 11 is 0. The molecule has 4 rings (SSSR count). The molecule has 6 nitrogen and oxygen atoms in total. The summed E-state index contributed by atoms with van der Waals surface area (Å²) in [5.74, 6) is 0.825. The van der Waals surface area contributed by atoms with Crippen LogP contribution in [0.2, 0.25) is 0 Å².